The zero-order valence-corrected chi connectivity index (χ0v) is 10.1. The first-order chi connectivity index (χ1) is 8.78. The highest BCUT2D eigenvalue weighted by molar-refractivity contribution is 5.74. The van der Waals surface area contributed by atoms with E-state index >= 15 is 0 Å². The zero-order valence-electron chi connectivity index (χ0n) is 10.1. The van der Waals surface area contributed by atoms with Gasteiger partial charge in [0.25, 0.3) is 0 Å². The average Bonchev–Trinajstić information content (AvgIpc) is 2.47. The minimum atomic E-state index is -0.443. The van der Waals surface area contributed by atoms with Crippen molar-refractivity contribution in [2.75, 3.05) is 19.8 Å². The summed E-state index contributed by atoms with van der Waals surface area (Å²) in [5.74, 6) is 0.682. The van der Waals surface area contributed by atoms with Crippen LogP contribution in [0.4, 0.5) is 0 Å². The highest BCUT2D eigenvalue weighted by Gasteiger charge is 2.33. The molecule has 0 spiro atoms. The first-order valence-electron chi connectivity index (χ1n) is 5.95. The Bertz CT molecular complexity index is 441. The fourth-order valence-electron chi connectivity index (χ4n) is 1.91. The molecule has 1 heterocycles. The molecule has 1 aromatic rings. The van der Waals surface area contributed by atoms with Crippen LogP contribution in [0.1, 0.15) is 23.2 Å². The van der Waals surface area contributed by atoms with Gasteiger partial charge in [-0.2, -0.15) is 5.26 Å². The summed E-state index contributed by atoms with van der Waals surface area (Å²) in [5.41, 5.74) is 0.171. The summed E-state index contributed by atoms with van der Waals surface area (Å²) in [6.45, 7) is 1.59. The first kappa shape index (κ1) is 12.6. The molecule has 1 fully saturated rings. The van der Waals surface area contributed by atoms with Crippen LogP contribution < -0.4 is 4.74 Å². The molecule has 0 amide bonds. The molecule has 0 unspecified atom stereocenters. The standard InChI is InChI=1S/C14H15NO3/c15-10-14(5-7-17-8-6-14)11-18-13-3-1-12(9-16)2-4-13/h1-4,9H,5-8,11H2. The van der Waals surface area contributed by atoms with Crippen molar-refractivity contribution in [2.24, 2.45) is 5.41 Å². The molecule has 94 valence electrons. The molecular weight excluding hydrogens is 230 g/mol. The zero-order chi connectivity index (χ0) is 12.8. The maximum absolute atomic E-state index is 10.5. The third kappa shape index (κ3) is 2.88. The van der Waals surface area contributed by atoms with Gasteiger partial charge in [-0.15, -0.1) is 0 Å². The number of hydrogen-bond acceptors (Lipinski definition) is 4. The number of benzene rings is 1. The Hall–Kier alpha value is -1.86. The van der Waals surface area contributed by atoms with Crippen molar-refractivity contribution in [3.05, 3.63) is 29.8 Å². The van der Waals surface area contributed by atoms with E-state index in [1.54, 1.807) is 24.3 Å². The molecule has 0 aliphatic carbocycles. The Balaban J connectivity index is 1.97. The lowest BCUT2D eigenvalue weighted by atomic mass is 9.83. The Morgan fingerprint density at radius 3 is 2.56 bits per heavy atom. The van der Waals surface area contributed by atoms with Crippen LogP contribution in [0.2, 0.25) is 0 Å². The van der Waals surface area contributed by atoms with E-state index in [4.69, 9.17) is 9.47 Å². The highest BCUT2D eigenvalue weighted by atomic mass is 16.5. The summed E-state index contributed by atoms with van der Waals surface area (Å²) in [6.07, 6.45) is 2.20. The third-order valence-electron chi connectivity index (χ3n) is 3.22. The van der Waals surface area contributed by atoms with E-state index in [9.17, 15) is 10.1 Å². The number of rotatable bonds is 4. The molecule has 0 saturated carbocycles. The number of carbonyl (C=O) groups excluding carboxylic acids is 1. The maximum atomic E-state index is 10.5. The SMILES string of the molecule is N#CC1(COc2ccc(C=O)cc2)CCOCC1. The molecule has 0 atom stereocenters. The van der Waals surface area contributed by atoms with Crippen LogP contribution in [0.25, 0.3) is 0 Å². The van der Waals surface area contributed by atoms with Crippen molar-refractivity contribution >= 4 is 6.29 Å². The van der Waals surface area contributed by atoms with Crippen LogP contribution in [0.15, 0.2) is 24.3 Å². The lowest BCUT2D eigenvalue weighted by molar-refractivity contribution is 0.0191. The quantitative estimate of drug-likeness (QED) is 0.763. The fourth-order valence-corrected chi connectivity index (χ4v) is 1.91. The van der Waals surface area contributed by atoms with Crippen LogP contribution in [-0.2, 0) is 4.74 Å². The Kier molecular flexibility index (Phi) is 3.96. The number of aldehydes is 1. The molecule has 0 aromatic heterocycles. The summed E-state index contributed by atoms with van der Waals surface area (Å²) < 4.78 is 10.9. The van der Waals surface area contributed by atoms with Gasteiger partial charge in [-0.05, 0) is 37.1 Å². The van der Waals surface area contributed by atoms with Gasteiger partial charge in [0.1, 0.15) is 18.6 Å². The molecule has 0 N–H and O–H groups in total. The van der Waals surface area contributed by atoms with Crippen LogP contribution >= 0.6 is 0 Å². The van der Waals surface area contributed by atoms with Gasteiger partial charge >= 0.3 is 0 Å². The highest BCUT2D eigenvalue weighted by Crippen LogP contribution is 2.30. The van der Waals surface area contributed by atoms with Gasteiger partial charge in [0, 0.05) is 18.8 Å². The van der Waals surface area contributed by atoms with Gasteiger partial charge in [-0.1, -0.05) is 0 Å². The topological polar surface area (TPSA) is 59.3 Å². The van der Waals surface area contributed by atoms with Crippen molar-refractivity contribution in [3.8, 4) is 11.8 Å². The molecule has 1 aliphatic rings. The van der Waals surface area contributed by atoms with Gasteiger partial charge < -0.3 is 9.47 Å². The molecular formula is C14H15NO3. The van der Waals surface area contributed by atoms with E-state index in [-0.39, 0.29) is 0 Å². The molecule has 1 saturated heterocycles. The molecule has 4 nitrogen and oxygen atoms in total. The van der Waals surface area contributed by atoms with Gasteiger partial charge in [0.05, 0.1) is 11.5 Å². The lowest BCUT2D eigenvalue weighted by Crippen LogP contribution is -2.33. The number of nitrogens with zero attached hydrogens (tertiary/aromatic N) is 1. The van der Waals surface area contributed by atoms with Crippen LogP contribution in [0, 0.1) is 16.7 Å². The van der Waals surface area contributed by atoms with Gasteiger partial charge in [-0.25, -0.2) is 0 Å². The van der Waals surface area contributed by atoms with Crippen LogP contribution in [-0.4, -0.2) is 26.1 Å². The summed E-state index contributed by atoms with van der Waals surface area (Å²) in [4.78, 5) is 10.5. The molecule has 0 radical (unpaired) electrons. The number of nitriles is 1. The van der Waals surface area contributed by atoms with Crippen LogP contribution in [0.3, 0.4) is 0 Å². The predicted octanol–water partition coefficient (Wildman–Crippen LogP) is 2.20. The third-order valence-corrected chi connectivity index (χ3v) is 3.22. The summed E-state index contributed by atoms with van der Waals surface area (Å²) >= 11 is 0. The van der Waals surface area contributed by atoms with E-state index < -0.39 is 5.41 Å². The molecule has 1 aromatic carbocycles. The van der Waals surface area contributed by atoms with Crippen molar-refractivity contribution in [3.63, 3.8) is 0 Å². The molecule has 1 aliphatic heterocycles. The van der Waals surface area contributed by atoms with E-state index in [1.807, 2.05) is 0 Å². The molecule has 0 bridgehead atoms. The van der Waals surface area contributed by atoms with Gasteiger partial charge in [0.2, 0.25) is 0 Å². The predicted molar refractivity (Wildman–Crippen MR) is 65.4 cm³/mol. The van der Waals surface area contributed by atoms with Crippen LogP contribution in [0.5, 0.6) is 5.75 Å². The fraction of sp³-hybridized carbons (Fsp3) is 0.429. The Labute approximate surface area is 106 Å². The normalized spacial score (nSPS) is 17.7. The van der Waals surface area contributed by atoms with E-state index in [0.717, 1.165) is 6.29 Å². The van der Waals surface area contributed by atoms with Crippen molar-refractivity contribution in [2.45, 2.75) is 12.8 Å². The number of ether oxygens (including phenoxy) is 2. The second-order valence-corrected chi connectivity index (χ2v) is 4.48. The Morgan fingerprint density at radius 2 is 2.00 bits per heavy atom. The summed E-state index contributed by atoms with van der Waals surface area (Å²) in [5, 5.41) is 9.27. The average molecular weight is 245 g/mol. The van der Waals surface area contributed by atoms with E-state index in [0.29, 0.717) is 44.0 Å². The van der Waals surface area contributed by atoms with E-state index in [2.05, 4.69) is 6.07 Å². The monoisotopic (exact) mass is 245 g/mol. The summed E-state index contributed by atoms with van der Waals surface area (Å²) in [6, 6.07) is 9.24. The van der Waals surface area contributed by atoms with Crippen molar-refractivity contribution in [1.29, 1.82) is 5.26 Å². The van der Waals surface area contributed by atoms with Gasteiger partial charge in [-0.3, -0.25) is 4.79 Å². The maximum Gasteiger partial charge on any atom is 0.150 e. The van der Waals surface area contributed by atoms with E-state index in [1.165, 1.54) is 0 Å². The first-order valence-corrected chi connectivity index (χ1v) is 5.95. The van der Waals surface area contributed by atoms with Gasteiger partial charge in [0.15, 0.2) is 0 Å². The minimum Gasteiger partial charge on any atom is -0.492 e. The number of carbonyl (C=O) groups is 1. The smallest absolute Gasteiger partial charge is 0.150 e. The van der Waals surface area contributed by atoms with Crippen molar-refractivity contribution < 1.29 is 14.3 Å². The minimum absolute atomic E-state index is 0.368. The lowest BCUT2D eigenvalue weighted by Gasteiger charge is -2.30. The number of hydrogen-bond donors (Lipinski definition) is 0. The second-order valence-electron chi connectivity index (χ2n) is 4.48. The summed E-state index contributed by atoms with van der Waals surface area (Å²) in [7, 11) is 0. The van der Waals surface area contributed by atoms with Crippen molar-refractivity contribution in [1.82, 2.24) is 0 Å². The second kappa shape index (κ2) is 5.65. The largest absolute Gasteiger partial charge is 0.492 e. The Morgan fingerprint density at radius 1 is 1.33 bits per heavy atom. The molecule has 2 rings (SSSR count). The molecule has 4 heteroatoms. The molecule has 18 heavy (non-hydrogen) atoms.